The molecule has 2 aromatic heterocycles. The Morgan fingerprint density at radius 1 is 0.889 bits per heavy atom. The lowest BCUT2D eigenvalue weighted by molar-refractivity contribution is -0.139. The maximum Gasteiger partial charge on any atom is 0.326 e. The molecule has 228 valence electrons. The van der Waals surface area contributed by atoms with Crippen LogP contribution in [0.5, 0.6) is 0 Å². The van der Waals surface area contributed by atoms with Gasteiger partial charge in [0, 0.05) is 50.6 Å². The summed E-state index contributed by atoms with van der Waals surface area (Å²) in [5, 5.41) is 13.1. The van der Waals surface area contributed by atoms with Crippen LogP contribution in [0.3, 0.4) is 0 Å². The molecule has 1 aliphatic rings. The number of aliphatic carboxylic acids is 1. The lowest BCUT2D eigenvalue weighted by Gasteiger charge is -2.35. The Morgan fingerprint density at radius 3 is 2.22 bits per heavy atom. The van der Waals surface area contributed by atoms with Gasteiger partial charge >= 0.3 is 5.97 Å². The first-order valence-electron chi connectivity index (χ1n) is 14.9. The summed E-state index contributed by atoms with van der Waals surface area (Å²) < 4.78 is 2.10. The number of benzene rings is 3. The van der Waals surface area contributed by atoms with E-state index in [-0.39, 0.29) is 18.0 Å². The van der Waals surface area contributed by atoms with Crippen molar-refractivity contribution in [3.8, 4) is 11.3 Å². The number of hydrogen-bond acceptors (Lipinski definition) is 6. The smallest absolute Gasteiger partial charge is 0.326 e. The number of fused-ring (bicyclic) bond motifs is 1. The van der Waals surface area contributed by atoms with Crippen molar-refractivity contribution in [2.75, 3.05) is 31.1 Å². The van der Waals surface area contributed by atoms with Crippen molar-refractivity contribution in [3.63, 3.8) is 0 Å². The summed E-state index contributed by atoms with van der Waals surface area (Å²) >= 11 is 0. The summed E-state index contributed by atoms with van der Waals surface area (Å²) in [7, 11) is 2.00. The third kappa shape index (κ3) is 6.12. The topological polar surface area (TPSA) is 121 Å². The third-order valence-corrected chi connectivity index (χ3v) is 8.26. The molecule has 10 heteroatoms. The minimum atomic E-state index is -1.13. The number of hydrogen-bond donors (Lipinski definition) is 2. The summed E-state index contributed by atoms with van der Waals surface area (Å²) in [6, 6.07) is 24.2. The van der Waals surface area contributed by atoms with Crippen molar-refractivity contribution in [1.29, 1.82) is 0 Å². The van der Waals surface area contributed by atoms with Gasteiger partial charge in [0.25, 0.3) is 11.8 Å². The molecule has 6 rings (SSSR count). The second kappa shape index (κ2) is 12.6. The number of carboxylic acids is 1. The number of anilines is 1. The van der Waals surface area contributed by atoms with Gasteiger partial charge in [0.1, 0.15) is 17.6 Å². The maximum absolute atomic E-state index is 14.1. The molecule has 3 heterocycles. The van der Waals surface area contributed by atoms with Gasteiger partial charge in [0.15, 0.2) is 0 Å². The molecule has 10 nitrogen and oxygen atoms in total. The second-order valence-corrected chi connectivity index (χ2v) is 11.3. The highest BCUT2D eigenvalue weighted by Crippen LogP contribution is 2.35. The molecule has 1 atom stereocenters. The van der Waals surface area contributed by atoms with Crippen LogP contribution in [0.25, 0.3) is 22.2 Å². The molecular weight excluding hydrogens is 568 g/mol. The molecule has 2 N–H and O–H groups in total. The number of nitrogens with one attached hydrogen (secondary N) is 1. The van der Waals surface area contributed by atoms with Crippen LogP contribution in [0.15, 0.2) is 91.3 Å². The fourth-order valence-corrected chi connectivity index (χ4v) is 5.89. The summed E-state index contributed by atoms with van der Waals surface area (Å²) in [6.45, 7) is 4.13. The van der Waals surface area contributed by atoms with Crippen LogP contribution in [0, 0.1) is 6.92 Å². The van der Waals surface area contributed by atoms with Gasteiger partial charge in [0.2, 0.25) is 0 Å². The Bertz CT molecular complexity index is 1850. The number of rotatable bonds is 8. The van der Waals surface area contributed by atoms with Crippen molar-refractivity contribution < 1.29 is 19.5 Å². The van der Waals surface area contributed by atoms with E-state index >= 15 is 0 Å². The largest absolute Gasteiger partial charge is 0.480 e. The number of piperazine rings is 1. The predicted octanol–water partition coefficient (Wildman–Crippen LogP) is 4.33. The molecule has 0 aliphatic carbocycles. The number of nitrogens with zero attached hydrogens (tertiary/aromatic N) is 5. The number of carboxylic acid groups (broad SMARTS) is 1. The van der Waals surface area contributed by atoms with Gasteiger partial charge in [-0.2, -0.15) is 0 Å². The van der Waals surface area contributed by atoms with Crippen molar-refractivity contribution in [2.45, 2.75) is 19.4 Å². The van der Waals surface area contributed by atoms with Gasteiger partial charge in [-0.1, -0.05) is 72.3 Å². The molecule has 1 unspecified atom stereocenters. The minimum Gasteiger partial charge on any atom is -0.480 e. The highest BCUT2D eigenvalue weighted by molar-refractivity contribution is 6.13. The standard InChI is InChI=1S/C35H34N6O4/c1-23-13-14-29-26(19-23)31(32(39(29)2)25-11-7-4-8-12-25)34(43)41-17-15-40(16-18-41)30-22-36-28(21-37-30)33(42)38-27(35(44)45)20-24-9-5-3-6-10-24/h3-14,19,21-22,27H,15-18,20H2,1-2H3,(H,38,42)(H,44,45). The Balaban J connectivity index is 1.14. The summed E-state index contributed by atoms with van der Waals surface area (Å²) in [4.78, 5) is 51.3. The maximum atomic E-state index is 14.1. The summed E-state index contributed by atoms with van der Waals surface area (Å²) in [6.07, 6.45) is 3.02. The van der Waals surface area contributed by atoms with E-state index in [1.807, 2.05) is 84.4 Å². The van der Waals surface area contributed by atoms with Gasteiger partial charge in [0.05, 0.1) is 23.7 Å². The summed E-state index contributed by atoms with van der Waals surface area (Å²) in [5.41, 5.74) is 5.54. The van der Waals surface area contributed by atoms with Crippen LogP contribution < -0.4 is 10.2 Å². The molecular formula is C35H34N6O4. The SMILES string of the molecule is Cc1ccc2c(c1)c(C(=O)N1CCN(c3cnc(C(=O)NC(Cc4ccccc4)C(=O)O)cn3)CC1)c(-c1ccccc1)n2C. The number of aromatic nitrogens is 3. The Hall–Kier alpha value is -5.51. The van der Waals surface area contributed by atoms with E-state index in [0.717, 1.165) is 33.3 Å². The lowest BCUT2D eigenvalue weighted by Crippen LogP contribution is -2.49. The van der Waals surface area contributed by atoms with Crippen LogP contribution in [0.2, 0.25) is 0 Å². The van der Waals surface area contributed by atoms with Gasteiger partial charge in [-0.25, -0.2) is 14.8 Å². The lowest BCUT2D eigenvalue weighted by atomic mass is 10.0. The van der Waals surface area contributed by atoms with E-state index in [1.165, 1.54) is 12.4 Å². The third-order valence-electron chi connectivity index (χ3n) is 8.26. The van der Waals surface area contributed by atoms with E-state index in [0.29, 0.717) is 37.6 Å². The van der Waals surface area contributed by atoms with Gasteiger partial charge in [-0.3, -0.25) is 9.59 Å². The second-order valence-electron chi connectivity index (χ2n) is 11.3. The zero-order valence-corrected chi connectivity index (χ0v) is 25.2. The quantitative estimate of drug-likeness (QED) is 0.271. The fraction of sp³-hybridized carbons (Fsp3) is 0.229. The van der Waals surface area contributed by atoms with E-state index in [4.69, 9.17) is 0 Å². The molecule has 1 saturated heterocycles. The van der Waals surface area contributed by atoms with Crippen LogP contribution in [-0.2, 0) is 18.3 Å². The highest BCUT2D eigenvalue weighted by Gasteiger charge is 2.29. The molecule has 2 amide bonds. The van der Waals surface area contributed by atoms with Crippen molar-refractivity contribution in [3.05, 3.63) is 114 Å². The molecule has 0 radical (unpaired) electrons. The van der Waals surface area contributed by atoms with Gasteiger partial charge in [-0.05, 0) is 30.2 Å². The first-order chi connectivity index (χ1) is 21.8. The first-order valence-corrected chi connectivity index (χ1v) is 14.9. The number of aryl methyl sites for hydroxylation is 2. The Labute approximate surface area is 260 Å². The summed E-state index contributed by atoms with van der Waals surface area (Å²) in [5.74, 6) is -1.15. The zero-order valence-electron chi connectivity index (χ0n) is 25.2. The van der Waals surface area contributed by atoms with Crippen molar-refractivity contribution in [2.24, 2.45) is 7.05 Å². The molecule has 3 aromatic carbocycles. The molecule has 45 heavy (non-hydrogen) atoms. The molecule has 0 spiro atoms. The number of amides is 2. The van der Waals surface area contributed by atoms with Crippen LogP contribution >= 0.6 is 0 Å². The highest BCUT2D eigenvalue weighted by atomic mass is 16.4. The fourth-order valence-electron chi connectivity index (χ4n) is 5.89. The van der Waals surface area contributed by atoms with Gasteiger partial charge < -0.3 is 24.8 Å². The molecule has 0 bridgehead atoms. The van der Waals surface area contributed by atoms with Crippen molar-refractivity contribution >= 4 is 34.5 Å². The number of carbonyl (C=O) groups excluding carboxylic acids is 2. The van der Waals surface area contributed by atoms with Crippen LogP contribution in [0.4, 0.5) is 5.82 Å². The monoisotopic (exact) mass is 602 g/mol. The van der Waals surface area contributed by atoms with Crippen molar-refractivity contribution in [1.82, 2.24) is 24.8 Å². The average Bonchev–Trinajstić information content (AvgIpc) is 3.36. The Morgan fingerprint density at radius 2 is 1.58 bits per heavy atom. The average molecular weight is 603 g/mol. The van der Waals surface area contributed by atoms with E-state index in [2.05, 4.69) is 38.1 Å². The first kappa shape index (κ1) is 29.6. The zero-order chi connectivity index (χ0) is 31.5. The Kier molecular flexibility index (Phi) is 8.28. The predicted molar refractivity (Wildman–Crippen MR) is 172 cm³/mol. The molecule has 1 aliphatic heterocycles. The molecule has 5 aromatic rings. The number of carbonyl (C=O) groups is 3. The normalized spacial score (nSPS) is 13.9. The molecule has 0 saturated carbocycles. The van der Waals surface area contributed by atoms with Crippen LogP contribution in [-0.4, -0.2) is 74.5 Å². The van der Waals surface area contributed by atoms with E-state index in [1.54, 1.807) is 0 Å². The minimum absolute atomic E-state index is 0.00806. The van der Waals surface area contributed by atoms with Crippen LogP contribution in [0.1, 0.15) is 32.0 Å². The van der Waals surface area contributed by atoms with E-state index in [9.17, 15) is 19.5 Å². The molecule has 1 fully saturated rings. The van der Waals surface area contributed by atoms with E-state index < -0.39 is 17.9 Å². The van der Waals surface area contributed by atoms with Gasteiger partial charge in [-0.15, -0.1) is 0 Å².